The van der Waals surface area contributed by atoms with Crippen LogP contribution >= 0.6 is 0 Å². The zero-order valence-electron chi connectivity index (χ0n) is 8.80. The van der Waals surface area contributed by atoms with Crippen molar-refractivity contribution in [1.29, 1.82) is 0 Å². The minimum absolute atomic E-state index is 0.421. The SMILES string of the molecule is CS(=O)(=O)[C@@H](CO)[C@@H](N)c1ccc(F)cc1. The van der Waals surface area contributed by atoms with Crippen molar-refractivity contribution in [3.05, 3.63) is 35.6 Å². The van der Waals surface area contributed by atoms with E-state index < -0.39 is 33.6 Å². The first-order chi connectivity index (χ1) is 7.36. The number of hydrogen-bond acceptors (Lipinski definition) is 4. The van der Waals surface area contributed by atoms with Gasteiger partial charge in [-0.2, -0.15) is 0 Å². The molecule has 1 aromatic rings. The van der Waals surface area contributed by atoms with E-state index in [0.717, 1.165) is 6.26 Å². The van der Waals surface area contributed by atoms with E-state index in [4.69, 9.17) is 10.8 Å². The quantitative estimate of drug-likeness (QED) is 0.798. The van der Waals surface area contributed by atoms with E-state index in [9.17, 15) is 12.8 Å². The number of halogens is 1. The first-order valence-corrected chi connectivity index (χ1v) is 6.62. The van der Waals surface area contributed by atoms with Crippen LogP contribution in [0.1, 0.15) is 11.6 Å². The average Bonchev–Trinajstić information content (AvgIpc) is 2.17. The summed E-state index contributed by atoms with van der Waals surface area (Å²) in [5, 5.41) is 7.94. The summed E-state index contributed by atoms with van der Waals surface area (Å²) in [6, 6.07) is 4.36. The highest BCUT2D eigenvalue weighted by atomic mass is 32.2. The molecule has 0 radical (unpaired) electrons. The van der Waals surface area contributed by atoms with Gasteiger partial charge in [-0.3, -0.25) is 0 Å². The molecule has 0 heterocycles. The van der Waals surface area contributed by atoms with Crippen molar-refractivity contribution in [1.82, 2.24) is 0 Å². The molecule has 0 aromatic heterocycles. The standard InChI is InChI=1S/C10H14FNO3S/c1-16(14,15)9(6-13)10(12)7-2-4-8(11)5-3-7/h2-5,9-10,13H,6,12H2,1H3/t9-,10-/m0/s1. The van der Waals surface area contributed by atoms with Crippen LogP contribution in [0.4, 0.5) is 4.39 Å². The molecule has 16 heavy (non-hydrogen) atoms. The Labute approximate surface area is 93.8 Å². The second kappa shape index (κ2) is 4.90. The molecule has 90 valence electrons. The van der Waals surface area contributed by atoms with Crippen LogP contribution in [0.2, 0.25) is 0 Å². The van der Waals surface area contributed by atoms with Crippen molar-refractivity contribution in [3.63, 3.8) is 0 Å². The van der Waals surface area contributed by atoms with E-state index in [1.54, 1.807) is 0 Å². The Morgan fingerprint density at radius 2 is 1.88 bits per heavy atom. The normalized spacial score (nSPS) is 15.8. The molecular weight excluding hydrogens is 233 g/mol. The number of aliphatic hydroxyl groups excluding tert-OH is 1. The number of sulfone groups is 1. The fourth-order valence-electron chi connectivity index (χ4n) is 1.41. The molecule has 6 heteroatoms. The topological polar surface area (TPSA) is 80.4 Å². The van der Waals surface area contributed by atoms with E-state index in [1.807, 2.05) is 0 Å². The van der Waals surface area contributed by atoms with Gasteiger partial charge < -0.3 is 10.8 Å². The van der Waals surface area contributed by atoms with Crippen molar-refractivity contribution >= 4 is 9.84 Å². The van der Waals surface area contributed by atoms with Crippen molar-refractivity contribution in [2.24, 2.45) is 5.73 Å². The van der Waals surface area contributed by atoms with Gasteiger partial charge in [0.1, 0.15) is 11.1 Å². The Morgan fingerprint density at radius 1 is 1.38 bits per heavy atom. The van der Waals surface area contributed by atoms with Gasteiger partial charge in [0.25, 0.3) is 0 Å². The van der Waals surface area contributed by atoms with Crippen LogP contribution in [0.15, 0.2) is 24.3 Å². The lowest BCUT2D eigenvalue weighted by Gasteiger charge is -2.20. The number of benzene rings is 1. The maximum absolute atomic E-state index is 12.7. The summed E-state index contributed by atoms with van der Waals surface area (Å²) in [7, 11) is -3.44. The molecule has 1 aromatic carbocycles. The van der Waals surface area contributed by atoms with Crippen LogP contribution in [0, 0.1) is 5.82 Å². The minimum atomic E-state index is -3.44. The maximum Gasteiger partial charge on any atom is 0.154 e. The molecule has 0 aliphatic carbocycles. The van der Waals surface area contributed by atoms with E-state index in [-0.39, 0.29) is 0 Å². The van der Waals surface area contributed by atoms with Crippen molar-refractivity contribution < 1.29 is 17.9 Å². The maximum atomic E-state index is 12.7. The second-order valence-electron chi connectivity index (χ2n) is 3.63. The van der Waals surface area contributed by atoms with E-state index in [1.165, 1.54) is 24.3 Å². The lowest BCUT2D eigenvalue weighted by molar-refractivity contribution is 0.278. The first kappa shape index (κ1) is 13.1. The number of rotatable bonds is 4. The highest BCUT2D eigenvalue weighted by Crippen LogP contribution is 2.19. The molecule has 2 atom stereocenters. The Balaban J connectivity index is 3.00. The van der Waals surface area contributed by atoms with Gasteiger partial charge in [0, 0.05) is 12.3 Å². The molecule has 0 aliphatic rings. The molecule has 0 aliphatic heterocycles. The summed E-state index contributed by atoms with van der Waals surface area (Å²) in [4.78, 5) is 0. The first-order valence-electron chi connectivity index (χ1n) is 4.67. The lowest BCUT2D eigenvalue weighted by atomic mass is 10.0. The molecule has 3 N–H and O–H groups in total. The van der Waals surface area contributed by atoms with E-state index in [2.05, 4.69) is 0 Å². The van der Waals surface area contributed by atoms with Crippen LogP contribution < -0.4 is 5.73 Å². The van der Waals surface area contributed by atoms with Crippen molar-refractivity contribution in [2.75, 3.05) is 12.9 Å². The van der Waals surface area contributed by atoms with Crippen molar-refractivity contribution in [3.8, 4) is 0 Å². The van der Waals surface area contributed by atoms with Gasteiger partial charge in [-0.25, -0.2) is 12.8 Å². The number of nitrogens with two attached hydrogens (primary N) is 1. The van der Waals surface area contributed by atoms with Crippen LogP contribution in [0.5, 0.6) is 0 Å². The fraction of sp³-hybridized carbons (Fsp3) is 0.400. The zero-order valence-corrected chi connectivity index (χ0v) is 9.61. The molecule has 0 bridgehead atoms. The number of hydrogen-bond donors (Lipinski definition) is 2. The monoisotopic (exact) mass is 247 g/mol. The average molecular weight is 247 g/mol. The Kier molecular flexibility index (Phi) is 4.01. The van der Waals surface area contributed by atoms with Crippen molar-refractivity contribution in [2.45, 2.75) is 11.3 Å². The van der Waals surface area contributed by atoms with Crippen LogP contribution in [-0.4, -0.2) is 31.6 Å². The Hall–Kier alpha value is -0.980. The van der Waals surface area contributed by atoms with Gasteiger partial charge in [-0.15, -0.1) is 0 Å². The molecule has 4 nitrogen and oxygen atoms in total. The summed E-state index contributed by atoms with van der Waals surface area (Å²) in [5.41, 5.74) is 6.20. The third-order valence-electron chi connectivity index (χ3n) is 2.39. The highest BCUT2D eigenvalue weighted by molar-refractivity contribution is 7.91. The summed E-state index contributed by atoms with van der Waals surface area (Å²) in [6.45, 7) is -0.558. The highest BCUT2D eigenvalue weighted by Gasteiger charge is 2.28. The van der Waals surface area contributed by atoms with Gasteiger partial charge in [-0.1, -0.05) is 12.1 Å². The number of aliphatic hydroxyl groups is 1. The van der Waals surface area contributed by atoms with Gasteiger partial charge in [0.15, 0.2) is 9.84 Å². The summed E-state index contributed by atoms with van der Waals surface area (Å²) in [5.74, 6) is -0.421. The Morgan fingerprint density at radius 3 is 2.25 bits per heavy atom. The molecule has 0 spiro atoms. The third kappa shape index (κ3) is 3.01. The second-order valence-corrected chi connectivity index (χ2v) is 5.89. The summed E-state index contributed by atoms with van der Waals surface area (Å²) in [6.07, 6.45) is 1.01. The van der Waals surface area contributed by atoms with Gasteiger partial charge in [-0.05, 0) is 17.7 Å². The predicted molar refractivity (Wildman–Crippen MR) is 59.0 cm³/mol. The molecular formula is C10H14FNO3S. The Bertz CT molecular complexity index is 444. The van der Waals surface area contributed by atoms with Crippen LogP contribution in [0.3, 0.4) is 0 Å². The molecule has 0 amide bonds. The summed E-state index contributed by atoms with van der Waals surface area (Å²) >= 11 is 0. The molecule has 0 fully saturated rings. The predicted octanol–water partition coefficient (Wildman–Crippen LogP) is 0.231. The minimum Gasteiger partial charge on any atom is -0.395 e. The lowest BCUT2D eigenvalue weighted by Crippen LogP contribution is -2.36. The largest absolute Gasteiger partial charge is 0.395 e. The van der Waals surface area contributed by atoms with E-state index >= 15 is 0 Å². The summed E-state index contributed by atoms with van der Waals surface area (Å²) < 4.78 is 35.3. The van der Waals surface area contributed by atoms with E-state index in [0.29, 0.717) is 5.56 Å². The van der Waals surface area contributed by atoms with Gasteiger partial charge >= 0.3 is 0 Å². The molecule has 0 unspecified atom stereocenters. The molecule has 1 rings (SSSR count). The molecule has 0 saturated heterocycles. The van der Waals surface area contributed by atoms with Gasteiger partial charge in [0.2, 0.25) is 0 Å². The van der Waals surface area contributed by atoms with Gasteiger partial charge in [0.05, 0.1) is 6.61 Å². The zero-order chi connectivity index (χ0) is 12.3. The molecule has 0 saturated carbocycles. The third-order valence-corrected chi connectivity index (χ3v) is 3.93. The fourth-order valence-corrected chi connectivity index (χ4v) is 2.38. The van der Waals surface area contributed by atoms with Crippen LogP contribution in [0.25, 0.3) is 0 Å². The van der Waals surface area contributed by atoms with Crippen LogP contribution in [-0.2, 0) is 9.84 Å². The smallest absolute Gasteiger partial charge is 0.154 e.